The second-order valence-electron chi connectivity index (χ2n) is 8.27. The van der Waals surface area contributed by atoms with Crippen LogP contribution in [0.3, 0.4) is 0 Å². The highest BCUT2D eigenvalue weighted by molar-refractivity contribution is 14.0. The van der Waals surface area contributed by atoms with Crippen LogP contribution in [0.5, 0.6) is 0 Å². The molecule has 1 atom stereocenters. The van der Waals surface area contributed by atoms with Crippen molar-refractivity contribution in [3.05, 3.63) is 63.7 Å². The number of nitrogens with one attached hydrogen (secondary N) is 2. The molecule has 0 aliphatic rings. The molecule has 0 fully saturated rings. The van der Waals surface area contributed by atoms with Crippen LogP contribution < -0.4 is 10.6 Å². The maximum Gasteiger partial charge on any atom is 0.435 e. The van der Waals surface area contributed by atoms with E-state index in [-0.39, 0.29) is 57.4 Å². The molecule has 0 aromatic heterocycles. The standard InChI is InChI=1S/C22H20ClF7N2O4S.HI/c1-11-9-13(20(24,21(25,26)27)22(28,29)30)7-8-16(11)32-18(33)14-5-4-6-15(23)17(14)19(34)31-12(2)10-37(3,35)36;/h4-9,12H,10H2,1-3H3,(H,31,34)(H,32,33);1H/t12-;/m0./s1. The number of hydrogen-bond acceptors (Lipinski definition) is 4. The van der Waals surface area contributed by atoms with E-state index in [9.17, 15) is 48.7 Å². The van der Waals surface area contributed by atoms with E-state index >= 15 is 0 Å². The molecule has 0 aliphatic heterocycles. The van der Waals surface area contributed by atoms with Crippen molar-refractivity contribution in [3.63, 3.8) is 0 Å². The topological polar surface area (TPSA) is 92.3 Å². The van der Waals surface area contributed by atoms with Gasteiger partial charge in [-0.05, 0) is 37.6 Å². The second-order valence-corrected chi connectivity index (χ2v) is 10.9. The molecule has 212 valence electrons. The van der Waals surface area contributed by atoms with Gasteiger partial charge in [-0.15, -0.1) is 24.0 Å². The van der Waals surface area contributed by atoms with Crippen LogP contribution in [-0.4, -0.2) is 50.6 Å². The van der Waals surface area contributed by atoms with Gasteiger partial charge in [0, 0.05) is 23.5 Å². The lowest BCUT2D eigenvalue weighted by molar-refractivity contribution is -0.348. The van der Waals surface area contributed by atoms with Crippen molar-refractivity contribution in [1.29, 1.82) is 0 Å². The minimum absolute atomic E-state index is 0. The molecule has 0 bridgehead atoms. The summed E-state index contributed by atoms with van der Waals surface area (Å²) in [5.74, 6) is -2.34. The lowest BCUT2D eigenvalue weighted by Gasteiger charge is -2.30. The molecule has 0 unspecified atom stereocenters. The van der Waals surface area contributed by atoms with Crippen molar-refractivity contribution in [3.8, 4) is 0 Å². The van der Waals surface area contributed by atoms with Gasteiger partial charge in [0.05, 0.1) is 21.9 Å². The third-order valence-corrected chi connectivity index (χ3v) is 6.49. The molecule has 0 heterocycles. The smallest absolute Gasteiger partial charge is 0.348 e. The first-order chi connectivity index (χ1) is 16.7. The molecule has 16 heteroatoms. The zero-order valence-corrected chi connectivity index (χ0v) is 23.6. The van der Waals surface area contributed by atoms with Crippen LogP contribution in [0, 0.1) is 6.92 Å². The van der Waals surface area contributed by atoms with Crippen molar-refractivity contribution < 1.29 is 48.7 Å². The summed E-state index contributed by atoms with van der Waals surface area (Å²) in [5.41, 5.74) is -8.66. The summed E-state index contributed by atoms with van der Waals surface area (Å²) in [6, 6.07) is 4.07. The molecule has 0 saturated heterocycles. The summed E-state index contributed by atoms with van der Waals surface area (Å²) in [6.07, 6.45) is -11.7. The highest BCUT2D eigenvalue weighted by Crippen LogP contribution is 2.53. The number of carbonyl (C=O) groups excluding carboxylic acids is 2. The fourth-order valence-corrected chi connectivity index (χ4v) is 4.68. The molecule has 2 aromatic carbocycles. The minimum Gasteiger partial charge on any atom is -0.348 e. The summed E-state index contributed by atoms with van der Waals surface area (Å²) >= 11 is 6.06. The number of halogens is 9. The van der Waals surface area contributed by atoms with Gasteiger partial charge < -0.3 is 10.6 Å². The zero-order valence-electron chi connectivity index (χ0n) is 19.7. The Kier molecular flexibility index (Phi) is 10.6. The number of aryl methyl sites for hydroxylation is 1. The van der Waals surface area contributed by atoms with Crippen molar-refractivity contribution in [2.75, 3.05) is 17.3 Å². The van der Waals surface area contributed by atoms with Gasteiger partial charge in [-0.25, -0.2) is 12.8 Å². The summed E-state index contributed by atoms with van der Waals surface area (Å²) in [5, 5.41) is 4.42. The second kappa shape index (κ2) is 11.9. The van der Waals surface area contributed by atoms with E-state index in [4.69, 9.17) is 11.6 Å². The minimum atomic E-state index is -6.31. The fourth-order valence-electron chi connectivity index (χ4n) is 3.43. The quantitative estimate of drug-likeness (QED) is 0.275. The molecular weight excluding hydrogens is 684 g/mol. The first-order valence-electron chi connectivity index (χ1n) is 10.2. The Hall–Kier alpha value is -2.14. The lowest BCUT2D eigenvalue weighted by atomic mass is 9.92. The van der Waals surface area contributed by atoms with Crippen molar-refractivity contribution in [1.82, 2.24) is 5.32 Å². The Morgan fingerprint density at radius 3 is 2.00 bits per heavy atom. The van der Waals surface area contributed by atoms with Gasteiger partial charge in [-0.3, -0.25) is 9.59 Å². The van der Waals surface area contributed by atoms with Gasteiger partial charge >= 0.3 is 18.0 Å². The lowest BCUT2D eigenvalue weighted by Crippen LogP contribution is -2.50. The van der Waals surface area contributed by atoms with Crippen molar-refractivity contribution in [2.24, 2.45) is 0 Å². The predicted octanol–water partition coefficient (Wildman–Crippen LogP) is 5.97. The first kappa shape index (κ1) is 33.9. The molecule has 0 saturated carbocycles. The van der Waals surface area contributed by atoms with Crippen LogP contribution >= 0.6 is 35.6 Å². The number of carbonyl (C=O) groups is 2. The van der Waals surface area contributed by atoms with E-state index in [1.165, 1.54) is 25.1 Å². The Balaban J connectivity index is 0.00000722. The van der Waals surface area contributed by atoms with E-state index in [0.29, 0.717) is 12.1 Å². The van der Waals surface area contributed by atoms with E-state index in [1.54, 1.807) is 0 Å². The Bertz CT molecular complexity index is 1300. The Morgan fingerprint density at radius 1 is 0.974 bits per heavy atom. The fraction of sp³-hybridized carbons (Fsp3) is 0.364. The molecule has 2 rings (SSSR count). The first-order valence-corrected chi connectivity index (χ1v) is 12.6. The highest BCUT2D eigenvalue weighted by atomic mass is 127. The van der Waals surface area contributed by atoms with Gasteiger partial charge in [-0.2, -0.15) is 26.3 Å². The predicted molar refractivity (Wildman–Crippen MR) is 138 cm³/mol. The zero-order chi connectivity index (χ0) is 28.6. The van der Waals surface area contributed by atoms with Gasteiger partial charge in [-0.1, -0.05) is 29.8 Å². The largest absolute Gasteiger partial charge is 0.435 e. The number of sulfone groups is 1. The van der Waals surface area contributed by atoms with Crippen molar-refractivity contribution >= 4 is 62.9 Å². The normalized spacial score (nSPS) is 13.3. The summed E-state index contributed by atoms with van der Waals surface area (Å²) in [4.78, 5) is 25.6. The van der Waals surface area contributed by atoms with E-state index < -0.39 is 57.0 Å². The van der Waals surface area contributed by atoms with E-state index in [2.05, 4.69) is 10.6 Å². The molecule has 2 aromatic rings. The van der Waals surface area contributed by atoms with Crippen LogP contribution in [0.15, 0.2) is 36.4 Å². The van der Waals surface area contributed by atoms with Crippen LogP contribution in [0.2, 0.25) is 5.02 Å². The van der Waals surface area contributed by atoms with Gasteiger partial charge in [0.25, 0.3) is 11.8 Å². The molecular formula is C22H21ClF7IN2O4S. The van der Waals surface area contributed by atoms with E-state index in [1.807, 2.05) is 0 Å². The molecule has 0 radical (unpaired) electrons. The number of amides is 2. The number of hydrogen-bond donors (Lipinski definition) is 2. The Labute approximate surface area is 235 Å². The average Bonchev–Trinajstić information content (AvgIpc) is 2.71. The SMILES string of the molecule is Cc1cc(C(F)(C(F)(F)F)C(F)(F)F)ccc1NC(=O)c1cccc(Cl)c1C(=O)N[C@@H](C)CS(C)(=O)=O.I. The third kappa shape index (κ3) is 7.49. The number of benzene rings is 2. The third-order valence-electron chi connectivity index (χ3n) is 5.07. The molecule has 2 N–H and O–H groups in total. The van der Waals surface area contributed by atoms with Crippen LogP contribution in [0.1, 0.15) is 38.8 Å². The number of rotatable bonds is 7. The summed E-state index contributed by atoms with van der Waals surface area (Å²) < 4.78 is 115. The maximum absolute atomic E-state index is 14.3. The monoisotopic (exact) mass is 704 g/mol. The maximum atomic E-state index is 14.3. The van der Waals surface area contributed by atoms with Gasteiger partial charge in [0.1, 0.15) is 9.84 Å². The highest BCUT2D eigenvalue weighted by Gasteiger charge is 2.73. The molecule has 2 amide bonds. The Morgan fingerprint density at radius 2 is 1.53 bits per heavy atom. The van der Waals surface area contributed by atoms with Crippen molar-refractivity contribution in [2.45, 2.75) is 37.9 Å². The van der Waals surface area contributed by atoms with Gasteiger partial charge in [0.15, 0.2) is 0 Å². The molecule has 38 heavy (non-hydrogen) atoms. The molecule has 0 aliphatic carbocycles. The summed E-state index contributed by atoms with van der Waals surface area (Å²) in [7, 11) is -3.46. The van der Waals surface area contributed by atoms with Crippen LogP contribution in [-0.2, 0) is 15.5 Å². The molecule has 0 spiro atoms. The van der Waals surface area contributed by atoms with Crippen LogP contribution in [0.4, 0.5) is 36.4 Å². The van der Waals surface area contributed by atoms with Crippen LogP contribution in [0.25, 0.3) is 0 Å². The molecule has 6 nitrogen and oxygen atoms in total. The van der Waals surface area contributed by atoms with Gasteiger partial charge in [0.2, 0.25) is 0 Å². The number of alkyl halides is 7. The van der Waals surface area contributed by atoms with E-state index in [0.717, 1.165) is 13.2 Å². The number of anilines is 1. The average molecular weight is 705 g/mol. The summed E-state index contributed by atoms with van der Waals surface area (Å²) in [6.45, 7) is 2.44.